The number of carbonyl (C=O) groups is 1. The molecule has 26 heavy (non-hydrogen) atoms. The van der Waals surface area contributed by atoms with E-state index in [4.69, 9.17) is 5.73 Å². The summed E-state index contributed by atoms with van der Waals surface area (Å²) in [4.78, 5) is 12.2. The molecule has 6 nitrogen and oxygen atoms in total. The molecule has 0 aliphatic heterocycles. The van der Waals surface area contributed by atoms with E-state index in [1.54, 1.807) is 25.2 Å². The molecule has 1 amide bonds. The molecule has 1 aromatic rings. The maximum absolute atomic E-state index is 12.9. The Balaban J connectivity index is 0.00000338. The lowest BCUT2D eigenvalue weighted by Crippen LogP contribution is -2.38. The Bertz CT molecular complexity index is 691. The predicted octanol–water partition coefficient (Wildman–Crippen LogP) is 3.13. The highest BCUT2D eigenvalue weighted by Gasteiger charge is 2.29. The summed E-state index contributed by atoms with van der Waals surface area (Å²) in [5, 5.41) is 2.71. The van der Waals surface area contributed by atoms with Gasteiger partial charge in [-0.15, -0.1) is 12.4 Å². The van der Waals surface area contributed by atoms with E-state index < -0.39 is 16.1 Å². The normalized spacial score (nSPS) is 16.8. The third-order valence-electron chi connectivity index (χ3n) is 4.80. The van der Waals surface area contributed by atoms with Crippen molar-refractivity contribution in [3.05, 3.63) is 24.3 Å². The molecule has 3 N–H and O–H groups in total. The maximum atomic E-state index is 12.9. The number of nitrogens with zero attached hydrogens (tertiary/aromatic N) is 1. The van der Waals surface area contributed by atoms with Crippen molar-refractivity contribution in [2.45, 2.75) is 68.8 Å². The number of hydrogen-bond donors (Lipinski definition) is 2. The van der Waals surface area contributed by atoms with Crippen LogP contribution in [-0.4, -0.2) is 37.8 Å². The van der Waals surface area contributed by atoms with E-state index in [0.717, 1.165) is 32.1 Å². The second-order valence-corrected chi connectivity index (χ2v) is 8.72. The first-order valence-corrected chi connectivity index (χ1v) is 10.4. The van der Waals surface area contributed by atoms with E-state index in [1.165, 1.54) is 16.8 Å². The number of amides is 1. The minimum absolute atomic E-state index is 0. The molecule has 148 valence electrons. The number of rotatable bonds is 7. The van der Waals surface area contributed by atoms with Gasteiger partial charge >= 0.3 is 0 Å². The van der Waals surface area contributed by atoms with Crippen LogP contribution in [0.15, 0.2) is 29.2 Å². The second kappa shape index (κ2) is 10.3. The third-order valence-corrected chi connectivity index (χ3v) is 6.71. The maximum Gasteiger partial charge on any atom is 0.243 e. The summed E-state index contributed by atoms with van der Waals surface area (Å²) in [5.41, 5.74) is 6.26. The Labute approximate surface area is 163 Å². The summed E-state index contributed by atoms with van der Waals surface area (Å²) in [6.45, 7) is 1.96. The Morgan fingerprint density at radius 1 is 1.31 bits per heavy atom. The van der Waals surface area contributed by atoms with E-state index in [-0.39, 0.29) is 29.3 Å². The first-order chi connectivity index (χ1) is 11.9. The number of carbonyl (C=O) groups excluding carboxylic acids is 1. The molecule has 1 aromatic carbocycles. The van der Waals surface area contributed by atoms with Crippen LogP contribution in [0, 0.1) is 0 Å². The number of sulfonamides is 1. The topological polar surface area (TPSA) is 92.5 Å². The van der Waals surface area contributed by atoms with Gasteiger partial charge in [0.1, 0.15) is 0 Å². The Morgan fingerprint density at radius 3 is 2.58 bits per heavy atom. The largest absolute Gasteiger partial charge is 0.325 e. The molecule has 2 rings (SSSR count). The van der Waals surface area contributed by atoms with Gasteiger partial charge in [0.05, 0.1) is 10.9 Å². The van der Waals surface area contributed by atoms with Crippen molar-refractivity contribution in [3.63, 3.8) is 0 Å². The monoisotopic (exact) mass is 403 g/mol. The lowest BCUT2D eigenvalue weighted by Gasteiger charge is -2.30. The Morgan fingerprint density at radius 2 is 1.96 bits per heavy atom. The van der Waals surface area contributed by atoms with Crippen molar-refractivity contribution in [1.82, 2.24) is 4.31 Å². The molecular formula is C18H30ClN3O3S. The zero-order chi connectivity index (χ0) is 18.4. The molecule has 1 fully saturated rings. The molecule has 0 spiro atoms. The molecule has 1 atom stereocenters. The first-order valence-electron chi connectivity index (χ1n) is 9.00. The van der Waals surface area contributed by atoms with E-state index in [9.17, 15) is 13.2 Å². The van der Waals surface area contributed by atoms with Gasteiger partial charge in [-0.05, 0) is 37.5 Å². The molecule has 0 heterocycles. The lowest BCUT2D eigenvalue weighted by atomic mass is 9.96. The van der Waals surface area contributed by atoms with Gasteiger partial charge in [-0.1, -0.05) is 38.7 Å². The van der Waals surface area contributed by atoms with E-state index in [2.05, 4.69) is 5.32 Å². The second-order valence-electron chi connectivity index (χ2n) is 6.73. The molecular weight excluding hydrogens is 374 g/mol. The van der Waals surface area contributed by atoms with Gasteiger partial charge in [0.25, 0.3) is 0 Å². The standard InChI is InChI=1S/C18H29N3O3S.ClH/c1-3-8-17(19)18(22)20-14-9-7-12-16(13-14)25(23,24)21(2)15-10-5-4-6-11-15;/h7,9,12-13,15,17H,3-6,8,10-11,19H2,1-2H3,(H,20,22);1H. The van der Waals surface area contributed by atoms with Crippen LogP contribution in [0.25, 0.3) is 0 Å². The summed E-state index contributed by atoms with van der Waals surface area (Å²) in [6, 6.07) is 5.85. The molecule has 1 aliphatic rings. The summed E-state index contributed by atoms with van der Waals surface area (Å²) < 4.78 is 27.3. The van der Waals surface area contributed by atoms with Gasteiger partial charge in [0.2, 0.25) is 15.9 Å². The number of anilines is 1. The van der Waals surface area contributed by atoms with Gasteiger partial charge in [-0.2, -0.15) is 4.31 Å². The van der Waals surface area contributed by atoms with Crippen molar-refractivity contribution in [2.24, 2.45) is 5.73 Å². The highest BCUT2D eigenvalue weighted by Crippen LogP contribution is 2.27. The van der Waals surface area contributed by atoms with Crippen LogP contribution >= 0.6 is 12.4 Å². The minimum Gasteiger partial charge on any atom is -0.325 e. The highest BCUT2D eigenvalue weighted by molar-refractivity contribution is 7.89. The van der Waals surface area contributed by atoms with Crippen LogP contribution in [0.2, 0.25) is 0 Å². The summed E-state index contributed by atoms with van der Waals surface area (Å²) in [7, 11) is -1.93. The fourth-order valence-electron chi connectivity index (χ4n) is 3.22. The summed E-state index contributed by atoms with van der Waals surface area (Å²) in [6.07, 6.45) is 6.51. The van der Waals surface area contributed by atoms with E-state index in [0.29, 0.717) is 12.1 Å². The third kappa shape index (κ3) is 5.67. The smallest absolute Gasteiger partial charge is 0.243 e. The number of halogens is 1. The van der Waals surface area contributed by atoms with Crippen LogP contribution in [0.3, 0.4) is 0 Å². The summed E-state index contributed by atoms with van der Waals surface area (Å²) >= 11 is 0. The van der Waals surface area contributed by atoms with Crippen LogP contribution < -0.4 is 11.1 Å². The van der Waals surface area contributed by atoms with Gasteiger partial charge < -0.3 is 11.1 Å². The zero-order valence-electron chi connectivity index (χ0n) is 15.5. The summed E-state index contributed by atoms with van der Waals surface area (Å²) in [5.74, 6) is -0.294. The average molecular weight is 404 g/mol. The molecule has 0 saturated heterocycles. The minimum atomic E-state index is -3.58. The number of nitrogens with one attached hydrogen (secondary N) is 1. The molecule has 0 aromatic heterocycles. The Hall–Kier alpha value is -1.15. The molecule has 8 heteroatoms. The van der Waals surface area contributed by atoms with Gasteiger partial charge in [0.15, 0.2) is 0 Å². The number of hydrogen-bond acceptors (Lipinski definition) is 4. The fraction of sp³-hybridized carbons (Fsp3) is 0.611. The first kappa shape index (κ1) is 22.9. The zero-order valence-corrected chi connectivity index (χ0v) is 17.1. The average Bonchev–Trinajstić information content (AvgIpc) is 2.62. The van der Waals surface area contributed by atoms with Crippen molar-refractivity contribution < 1.29 is 13.2 Å². The Kier molecular flexibility index (Phi) is 9.03. The van der Waals surface area contributed by atoms with Crippen LogP contribution in [0.1, 0.15) is 51.9 Å². The molecule has 1 aliphatic carbocycles. The molecule has 1 saturated carbocycles. The van der Waals surface area contributed by atoms with Crippen LogP contribution in [0.5, 0.6) is 0 Å². The molecule has 0 radical (unpaired) electrons. The highest BCUT2D eigenvalue weighted by atomic mass is 35.5. The number of nitrogens with two attached hydrogens (primary N) is 1. The predicted molar refractivity (Wildman–Crippen MR) is 107 cm³/mol. The quantitative estimate of drug-likeness (QED) is 0.731. The molecule has 1 unspecified atom stereocenters. The van der Waals surface area contributed by atoms with Gasteiger partial charge in [-0.3, -0.25) is 4.79 Å². The SMILES string of the molecule is CCCC(N)C(=O)Nc1cccc(S(=O)(=O)N(C)C2CCCCC2)c1.Cl. The molecule has 0 bridgehead atoms. The van der Waals surface area contributed by atoms with Crippen molar-refractivity contribution in [1.29, 1.82) is 0 Å². The van der Waals surface area contributed by atoms with Crippen molar-refractivity contribution in [2.75, 3.05) is 12.4 Å². The van der Waals surface area contributed by atoms with Crippen LogP contribution in [0.4, 0.5) is 5.69 Å². The fourth-order valence-corrected chi connectivity index (χ4v) is 4.68. The van der Waals surface area contributed by atoms with Crippen molar-refractivity contribution in [3.8, 4) is 0 Å². The number of benzene rings is 1. The lowest BCUT2D eigenvalue weighted by molar-refractivity contribution is -0.117. The van der Waals surface area contributed by atoms with Gasteiger partial charge in [0, 0.05) is 18.8 Å². The van der Waals surface area contributed by atoms with Crippen LogP contribution in [-0.2, 0) is 14.8 Å². The van der Waals surface area contributed by atoms with E-state index in [1.807, 2.05) is 6.92 Å². The van der Waals surface area contributed by atoms with E-state index >= 15 is 0 Å². The van der Waals surface area contributed by atoms with Crippen molar-refractivity contribution >= 4 is 34.0 Å². The van der Waals surface area contributed by atoms with Gasteiger partial charge in [-0.25, -0.2) is 8.42 Å².